The van der Waals surface area contributed by atoms with Gasteiger partial charge in [0.2, 0.25) is 0 Å². The number of hydrogen-bond acceptors (Lipinski definition) is 6. The van der Waals surface area contributed by atoms with Crippen molar-refractivity contribution in [3.63, 3.8) is 0 Å². The molecule has 0 N–H and O–H groups in total. The summed E-state index contributed by atoms with van der Waals surface area (Å²) in [6, 6.07) is 0. The molecule has 0 saturated heterocycles. The summed E-state index contributed by atoms with van der Waals surface area (Å²) in [4.78, 5) is 37.9. The lowest BCUT2D eigenvalue weighted by atomic mass is 10.0. The first-order valence-electron chi connectivity index (χ1n) is 25.7. The van der Waals surface area contributed by atoms with Gasteiger partial charge >= 0.3 is 17.9 Å². The SMILES string of the molecule is CCCCCCCCCCCCCCCCCC(=O)O[C@@H](COC(=O)CCCCCCCCCCCCCCCC(C)C)COC(=O)CCCCCCCCC(C)C. The van der Waals surface area contributed by atoms with Gasteiger partial charge in [0, 0.05) is 19.3 Å². The van der Waals surface area contributed by atoms with Crippen LogP contribution in [0, 0.1) is 11.8 Å². The highest BCUT2D eigenvalue weighted by atomic mass is 16.6. The van der Waals surface area contributed by atoms with Gasteiger partial charge in [0.15, 0.2) is 6.10 Å². The molecule has 0 heterocycles. The minimum absolute atomic E-state index is 0.0645. The maximum Gasteiger partial charge on any atom is 0.306 e. The van der Waals surface area contributed by atoms with Gasteiger partial charge in [-0.2, -0.15) is 0 Å². The third kappa shape index (κ3) is 45.5. The van der Waals surface area contributed by atoms with Crippen molar-refractivity contribution in [2.75, 3.05) is 13.2 Å². The molecule has 0 saturated carbocycles. The molecule has 0 aliphatic rings. The Labute approximate surface area is 361 Å². The van der Waals surface area contributed by atoms with E-state index in [-0.39, 0.29) is 31.1 Å². The van der Waals surface area contributed by atoms with Gasteiger partial charge in [-0.1, -0.05) is 247 Å². The van der Waals surface area contributed by atoms with Gasteiger partial charge in [0.25, 0.3) is 0 Å². The van der Waals surface area contributed by atoms with Crippen LogP contribution >= 0.6 is 0 Å². The molecule has 0 aliphatic carbocycles. The lowest BCUT2D eigenvalue weighted by Crippen LogP contribution is -2.30. The molecule has 0 aromatic carbocycles. The van der Waals surface area contributed by atoms with Crippen LogP contribution in [-0.4, -0.2) is 37.2 Å². The number of esters is 3. The molecule has 0 aromatic heterocycles. The second-order valence-electron chi connectivity index (χ2n) is 18.8. The second kappa shape index (κ2) is 44.9. The largest absolute Gasteiger partial charge is 0.462 e. The maximum atomic E-state index is 12.8. The lowest BCUT2D eigenvalue weighted by Gasteiger charge is -2.18. The molecule has 0 rings (SSSR count). The minimum atomic E-state index is -0.762. The first-order valence-corrected chi connectivity index (χ1v) is 25.7. The molecule has 0 aromatic rings. The Bertz CT molecular complexity index is 885. The molecule has 0 amide bonds. The number of carbonyl (C=O) groups is 3. The van der Waals surface area contributed by atoms with Crippen molar-refractivity contribution in [3.05, 3.63) is 0 Å². The van der Waals surface area contributed by atoms with E-state index in [0.717, 1.165) is 69.6 Å². The summed E-state index contributed by atoms with van der Waals surface area (Å²) in [5.74, 6) is 0.750. The van der Waals surface area contributed by atoms with Crippen LogP contribution in [0.5, 0.6) is 0 Å². The van der Waals surface area contributed by atoms with Gasteiger partial charge in [-0.05, 0) is 31.1 Å². The zero-order valence-electron chi connectivity index (χ0n) is 39.7. The van der Waals surface area contributed by atoms with Crippen molar-refractivity contribution in [3.8, 4) is 0 Å². The molecule has 0 bridgehead atoms. The number of rotatable bonds is 46. The predicted molar refractivity (Wildman–Crippen MR) is 247 cm³/mol. The average Bonchev–Trinajstić information content (AvgIpc) is 3.19. The number of unbranched alkanes of at least 4 members (excludes halogenated alkanes) is 31. The Morgan fingerprint density at radius 1 is 0.328 bits per heavy atom. The fourth-order valence-electron chi connectivity index (χ4n) is 7.81. The van der Waals surface area contributed by atoms with E-state index < -0.39 is 6.10 Å². The highest BCUT2D eigenvalue weighted by Crippen LogP contribution is 2.17. The topological polar surface area (TPSA) is 78.9 Å². The fourth-order valence-corrected chi connectivity index (χ4v) is 7.81. The van der Waals surface area contributed by atoms with Crippen molar-refractivity contribution in [1.29, 1.82) is 0 Å². The van der Waals surface area contributed by atoms with E-state index >= 15 is 0 Å². The van der Waals surface area contributed by atoms with Crippen molar-refractivity contribution in [2.45, 2.75) is 291 Å². The Hall–Kier alpha value is -1.59. The van der Waals surface area contributed by atoms with Gasteiger partial charge in [-0.25, -0.2) is 0 Å². The lowest BCUT2D eigenvalue weighted by molar-refractivity contribution is -0.167. The average molecular weight is 821 g/mol. The normalized spacial score (nSPS) is 12.1. The van der Waals surface area contributed by atoms with E-state index in [1.54, 1.807) is 0 Å². The van der Waals surface area contributed by atoms with Crippen LogP contribution in [0.2, 0.25) is 0 Å². The Balaban J connectivity index is 4.27. The van der Waals surface area contributed by atoms with Gasteiger partial charge in [0.1, 0.15) is 13.2 Å². The van der Waals surface area contributed by atoms with E-state index in [2.05, 4.69) is 34.6 Å². The zero-order chi connectivity index (χ0) is 42.6. The summed E-state index contributed by atoms with van der Waals surface area (Å²) in [5, 5.41) is 0. The van der Waals surface area contributed by atoms with Crippen LogP contribution in [-0.2, 0) is 28.6 Å². The highest BCUT2D eigenvalue weighted by Gasteiger charge is 2.19. The van der Waals surface area contributed by atoms with Gasteiger partial charge in [-0.15, -0.1) is 0 Å². The van der Waals surface area contributed by atoms with Crippen LogP contribution in [0.4, 0.5) is 0 Å². The summed E-state index contributed by atoms with van der Waals surface area (Å²) >= 11 is 0. The van der Waals surface area contributed by atoms with Crippen molar-refractivity contribution in [1.82, 2.24) is 0 Å². The Kier molecular flexibility index (Phi) is 43.7. The highest BCUT2D eigenvalue weighted by molar-refractivity contribution is 5.71. The number of hydrogen-bond donors (Lipinski definition) is 0. The summed E-state index contributed by atoms with van der Waals surface area (Å²) in [6.45, 7) is 11.3. The molecule has 6 heteroatoms. The van der Waals surface area contributed by atoms with Crippen molar-refractivity contribution in [2.24, 2.45) is 11.8 Å². The first kappa shape index (κ1) is 56.4. The molecule has 0 unspecified atom stereocenters. The Morgan fingerprint density at radius 2 is 0.569 bits per heavy atom. The molecular weight excluding hydrogens is 721 g/mol. The molecule has 0 fully saturated rings. The summed E-state index contributed by atoms with van der Waals surface area (Å²) in [5.41, 5.74) is 0. The molecule has 344 valence electrons. The van der Waals surface area contributed by atoms with Crippen LogP contribution in [0.25, 0.3) is 0 Å². The zero-order valence-corrected chi connectivity index (χ0v) is 39.7. The monoisotopic (exact) mass is 821 g/mol. The molecular formula is C52H100O6. The third-order valence-electron chi connectivity index (χ3n) is 11.7. The molecule has 6 nitrogen and oxygen atoms in total. The fraction of sp³-hybridized carbons (Fsp3) is 0.942. The van der Waals surface area contributed by atoms with Gasteiger partial charge < -0.3 is 14.2 Å². The van der Waals surface area contributed by atoms with Crippen LogP contribution in [0.3, 0.4) is 0 Å². The standard InChI is InChI=1S/C52H100O6/c1-6-7-8-9-10-11-12-13-14-17-21-24-27-34-39-44-52(55)58-49(46-57-51(54)43-38-33-29-28-31-36-41-48(4)5)45-56-50(53)42-37-32-26-23-20-18-15-16-19-22-25-30-35-40-47(2)3/h47-49H,6-46H2,1-5H3/t49-/m0/s1. The third-order valence-corrected chi connectivity index (χ3v) is 11.7. The van der Waals surface area contributed by atoms with E-state index in [1.165, 1.54) is 173 Å². The van der Waals surface area contributed by atoms with Crippen molar-refractivity contribution < 1.29 is 28.6 Å². The second-order valence-corrected chi connectivity index (χ2v) is 18.8. The van der Waals surface area contributed by atoms with E-state index in [0.29, 0.717) is 19.3 Å². The molecule has 58 heavy (non-hydrogen) atoms. The van der Waals surface area contributed by atoms with Crippen molar-refractivity contribution >= 4 is 17.9 Å². The van der Waals surface area contributed by atoms with E-state index in [1.807, 2.05) is 0 Å². The number of carbonyl (C=O) groups excluding carboxylic acids is 3. The predicted octanol–water partition coefficient (Wildman–Crippen LogP) is 16.5. The van der Waals surface area contributed by atoms with Crippen LogP contribution < -0.4 is 0 Å². The maximum absolute atomic E-state index is 12.8. The van der Waals surface area contributed by atoms with Crippen LogP contribution in [0.15, 0.2) is 0 Å². The minimum Gasteiger partial charge on any atom is -0.462 e. The van der Waals surface area contributed by atoms with Crippen LogP contribution in [0.1, 0.15) is 285 Å². The number of ether oxygens (including phenoxy) is 3. The smallest absolute Gasteiger partial charge is 0.306 e. The molecule has 0 radical (unpaired) electrons. The van der Waals surface area contributed by atoms with E-state index in [9.17, 15) is 14.4 Å². The summed E-state index contributed by atoms with van der Waals surface area (Å²) in [7, 11) is 0. The van der Waals surface area contributed by atoms with Gasteiger partial charge in [-0.3, -0.25) is 14.4 Å². The molecule has 0 aliphatic heterocycles. The first-order chi connectivity index (χ1) is 28.2. The summed E-state index contributed by atoms with van der Waals surface area (Å²) in [6.07, 6.45) is 45.3. The quantitative estimate of drug-likeness (QED) is 0.0346. The molecule has 0 spiro atoms. The summed E-state index contributed by atoms with van der Waals surface area (Å²) < 4.78 is 16.8. The van der Waals surface area contributed by atoms with Gasteiger partial charge in [0.05, 0.1) is 0 Å². The Morgan fingerprint density at radius 3 is 0.845 bits per heavy atom. The van der Waals surface area contributed by atoms with E-state index in [4.69, 9.17) is 14.2 Å². The molecule has 1 atom stereocenters.